The summed E-state index contributed by atoms with van der Waals surface area (Å²) in [7, 11) is 0. The lowest BCUT2D eigenvalue weighted by molar-refractivity contribution is -0.152. The monoisotopic (exact) mass is 193 g/mol. The molecule has 3 N–H and O–H groups in total. The number of carboxylic acid groups (broad SMARTS) is 1. The fourth-order valence-corrected chi connectivity index (χ4v) is 1.68. The van der Waals surface area contributed by atoms with Gasteiger partial charge in [-0.3, -0.25) is 4.79 Å². The van der Waals surface area contributed by atoms with E-state index in [2.05, 4.69) is 0 Å². The van der Waals surface area contributed by atoms with Gasteiger partial charge >= 0.3 is 5.97 Å². The minimum atomic E-state index is -2.60. The van der Waals surface area contributed by atoms with Crippen LogP contribution in [-0.4, -0.2) is 24.0 Å². The van der Waals surface area contributed by atoms with Crippen LogP contribution in [0, 0.1) is 11.3 Å². The van der Waals surface area contributed by atoms with E-state index < -0.39 is 24.2 Å². The van der Waals surface area contributed by atoms with E-state index in [1.165, 1.54) is 0 Å². The van der Waals surface area contributed by atoms with Gasteiger partial charge in [0.1, 0.15) is 0 Å². The molecule has 1 rings (SSSR count). The second kappa shape index (κ2) is 3.57. The van der Waals surface area contributed by atoms with Crippen LogP contribution in [0.3, 0.4) is 0 Å². The van der Waals surface area contributed by atoms with Gasteiger partial charge in [0, 0.05) is 13.0 Å². The maximum Gasteiger partial charge on any atom is 0.311 e. The largest absolute Gasteiger partial charge is 0.481 e. The molecule has 0 radical (unpaired) electrons. The molecule has 0 heterocycles. The minimum Gasteiger partial charge on any atom is -0.481 e. The van der Waals surface area contributed by atoms with Crippen molar-refractivity contribution in [2.45, 2.75) is 25.7 Å². The molecule has 0 aromatic rings. The molecule has 13 heavy (non-hydrogen) atoms. The number of aliphatic carboxylic acids is 1. The first-order chi connectivity index (χ1) is 6.03. The SMILES string of the molecule is NCC(CC(F)F)(C(=O)O)C1CC1. The zero-order valence-corrected chi connectivity index (χ0v) is 7.17. The third-order valence-electron chi connectivity index (χ3n) is 2.67. The van der Waals surface area contributed by atoms with Crippen LogP contribution in [0.1, 0.15) is 19.3 Å². The smallest absolute Gasteiger partial charge is 0.311 e. The van der Waals surface area contributed by atoms with Crippen molar-refractivity contribution in [2.75, 3.05) is 6.54 Å². The zero-order valence-electron chi connectivity index (χ0n) is 7.17. The van der Waals surface area contributed by atoms with Crippen LogP contribution in [-0.2, 0) is 4.79 Å². The lowest BCUT2D eigenvalue weighted by atomic mass is 9.79. The number of hydrogen-bond acceptors (Lipinski definition) is 2. The van der Waals surface area contributed by atoms with E-state index in [1.807, 2.05) is 0 Å². The number of halogens is 2. The van der Waals surface area contributed by atoms with Gasteiger partial charge in [-0.2, -0.15) is 0 Å². The number of alkyl halides is 2. The van der Waals surface area contributed by atoms with E-state index >= 15 is 0 Å². The molecule has 76 valence electrons. The quantitative estimate of drug-likeness (QED) is 0.686. The van der Waals surface area contributed by atoms with Crippen molar-refractivity contribution in [1.29, 1.82) is 0 Å². The summed E-state index contributed by atoms with van der Waals surface area (Å²) in [6, 6.07) is 0. The lowest BCUT2D eigenvalue weighted by Gasteiger charge is -2.27. The number of nitrogens with two attached hydrogens (primary N) is 1. The van der Waals surface area contributed by atoms with Gasteiger partial charge in [-0.15, -0.1) is 0 Å². The summed E-state index contributed by atoms with van der Waals surface area (Å²) in [5, 5.41) is 8.87. The third-order valence-corrected chi connectivity index (χ3v) is 2.67. The van der Waals surface area contributed by atoms with Gasteiger partial charge in [0.25, 0.3) is 0 Å². The summed E-state index contributed by atoms with van der Waals surface area (Å²) < 4.78 is 24.3. The molecule has 0 bridgehead atoms. The highest BCUT2D eigenvalue weighted by atomic mass is 19.3. The molecule has 1 fully saturated rings. The van der Waals surface area contributed by atoms with Crippen molar-refractivity contribution in [2.24, 2.45) is 17.1 Å². The molecule has 0 aromatic carbocycles. The second-order valence-electron chi connectivity index (χ2n) is 3.53. The number of hydrogen-bond donors (Lipinski definition) is 2. The summed E-state index contributed by atoms with van der Waals surface area (Å²) in [5.74, 6) is -1.33. The van der Waals surface area contributed by atoms with E-state index in [1.54, 1.807) is 0 Å². The van der Waals surface area contributed by atoms with E-state index in [0.29, 0.717) is 12.8 Å². The van der Waals surface area contributed by atoms with Gasteiger partial charge in [-0.25, -0.2) is 8.78 Å². The minimum absolute atomic E-state index is 0.149. The van der Waals surface area contributed by atoms with Gasteiger partial charge in [0.2, 0.25) is 6.43 Å². The molecule has 1 unspecified atom stereocenters. The highest BCUT2D eigenvalue weighted by molar-refractivity contribution is 5.76. The van der Waals surface area contributed by atoms with Crippen LogP contribution in [0.2, 0.25) is 0 Å². The van der Waals surface area contributed by atoms with Crippen molar-refractivity contribution >= 4 is 5.97 Å². The summed E-state index contributed by atoms with van der Waals surface area (Å²) >= 11 is 0. The Kier molecular flexibility index (Phi) is 2.85. The molecule has 0 amide bonds. The van der Waals surface area contributed by atoms with Gasteiger partial charge in [0.15, 0.2) is 0 Å². The van der Waals surface area contributed by atoms with E-state index in [-0.39, 0.29) is 12.5 Å². The van der Waals surface area contributed by atoms with Crippen LogP contribution in [0.4, 0.5) is 8.78 Å². The molecule has 0 spiro atoms. The van der Waals surface area contributed by atoms with E-state index in [4.69, 9.17) is 10.8 Å². The predicted octanol–water partition coefficient (Wildman–Crippen LogP) is 1.08. The summed E-state index contributed by atoms with van der Waals surface area (Å²) in [6.07, 6.45) is -1.81. The van der Waals surface area contributed by atoms with Crippen molar-refractivity contribution in [3.05, 3.63) is 0 Å². The summed E-state index contributed by atoms with van der Waals surface area (Å²) in [5.41, 5.74) is 3.90. The van der Waals surface area contributed by atoms with Crippen molar-refractivity contribution in [3.63, 3.8) is 0 Å². The average molecular weight is 193 g/mol. The van der Waals surface area contributed by atoms with Gasteiger partial charge < -0.3 is 10.8 Å². The molecule has 0 aromatic heterocycles. The van der Waals surface area contributed by atoms with Gasteiger partial charge in [-0.05, 0) is 18.8 Å². The Bertz CT molecular complexity index is 206. The maximum atomic E-state index is 12.1. The lowest BCUT2D eigenvalue weighted by Crippen LogP contribution is -2.42. The van der Waals surface area contributed by atoms with Crippen LogP contribution in [0.15, 0.2) is 0 Å². The van der Waals surface area contributed by atoms with Crippen LogP contribution in [0.25, 0.3) is 0 Å². The molecule has 0 saturated heterocycles. The zero-order chi connectivity index (χ0) is 10.1. The highest BCUT2D eigenvalue weighted by Crippen LogP contribution is 2.48. The maximum absolute atomic E-state index is 12.1. The Morgan fingerprint density at radius 3 is 2.38 bits per heavy atom. The fraction of sp³-hybridized carbons (Fsp3) is 0.875. The molecule has 1 aliphatic carbocycles. The molecule has 1 saturated carbocycles. The van der Waals surface area contributed by atoms with Crippen molar-refractivity contribution < 1.29 is 18.7 Å². The van der Waals surface area contributed by atoms with Crippen molar-refractivity contribution in [1.82, 2.24) is 0 Å². The fourth-order valence-electron chi connectivity index (χ4n) is 1.68. The predicted molar refractivity (Wildman–Crippen MR) is 42.5 cm³/mol. The standard InChI is InChI=1S/C8H13F2NO2/c9-6(10)3-8(4-11,7(12)13)5-1-2-5/h5-6H,1-4,11H2,(H,12,13). The topological polar surface area (TPSA) is 63.3 Å². The molecule has 0 aliphatic heterocycles. The molecule has 5 heteroatoms. The molecular weight excluding hydrogens is 180 g/mol. The second-order valence-corrected chi connectivity index (χ2v) is 3.53. The first kappa shape index (κ1) is 10.4. The van der Waals surface area contributed by atoms with Gasteiger partial charge in [-0.1, -0.05) is 0 Å². The first-order valence-corrected chi connectivity index (χ1v) is 4.24. The van der Waals surface area contributed by atoms with Crippen LogP contribution in [0.5, 0.6) is 0 Å². The van der Waals surface area contributed by atoms with E-state index in [0.717, 1.165) is 0 Å². The highest BCUT2D eigenvalue weighted by Gasteiger charge is 2.51. The summed E-state index contributed by atoms with van der Waals surface area (Å²) in [4.78, 5) is 10.9. The van der Waals surface area contributed by atoms with E-state index in [9.17, 15) is 13.6 Å². The molecule has 1 aliphatic rings. The van der Waals surface area contributed by atoms with Crippen molar-refractivity contribution in [3.8, 4) is 0 Å². The molecule has 3 nitrogen and oxygen atoms in total. The molecule has 1 atom stereocenters. The third kappa shape index (κ3) is 1.96. The number of carbonyl (C=O) groups is 1. The van der Waals surface area contributed by atoms with Gasteiger partial charge in [0.05, 0.1) is 5.41 Å². The Morgan fingerprint density at radius 1 is 1.62 bits per heavy atom. The Hall–Kier alpha value is -0.710. The normalized spacial score (nSPS) is 21.5. The Balaban J connectivity index is 2.75. The Labute approximate surface area is 74.9 Å². The summed E-state index contributed by atoms with van der Waals surface area (Å²) in [6.45, 7) is -0.197. The molecular formula is C8H13F2NO2. The van der Waals surface area contributed by atoms with Crippen LogP contribution < -0.4 is 5.73 Å². The first-order valence-electron chi connectivity index (χ1n) is 4.24. The number of carboxylic acids is 1. The Morgan fingerprint density at radius 2 is 2.15 bits per heavy atom. The average Bonchev–Trinajstić information content (AvgIpc) is 2.81. The number of rotatable bonds is 5. The van der Waals surface area contributed by atoms with Crippen LogP contribution >= 0.6 is 0 Å².